The number of benzene rings is 2. The molecule has 25 heavy (non-hydrogen) atoms. The number of aromatic nitrogens is 3. The Morgan fingerprint density at radius 2 is 1.76 bits per heavy atom. The lowest BCUT2D eigenvalue weighted by Crippen LogP contribution is -1.90. The van der Waals surface area contributed by atoms with Crippen LogP contribution < -0.4 is 9.47 Å². The molecule has 0 aliphatic heterocycles. The van der Waals surface area contributed by atoms with Gasteiger partial charge in [-0.25, -0.2) is 9.97 Å². The first-order valence-electron chi connectivity index (χ1n) is 7.68. The predicted octanol–water partition coefficient (Wildman–Crippen LogP) is 4.13. The van der Waals surface area contributed by atoms with E-state index in [0.29, 0.717) is 23.0 Å². The lowest BCUT2D eigenvalue weighted by atomic mass is 10.1. The van der Waals surface area contributed by atoms with E-state index in [1.165, 1.54) is 6.33 Å². The molecule has 2 aromatic carbocycles. The first-order chi connectivity index (χ1) is 12.2. The molecule has 0 aliphatic carbocycles. The largest absolute Gasteiger partial charge is 0.508 e. The molecule has 0 amide bonds. The van der Waals surface area contributed by atoms with Crippen LogP contribution in [0.1, 0.15) is 0 Å². The number of phenols is 1. The molecule has 4 aromatic rings. The van der Waals surface area contributed by atoms with Crippen LogP contribution in [0.5, 0.6) is 23.1 Å². The van der Waals surface area contributed by atoms with Crippen molar-refractivity contribution in [3.63, 3.8) is 0 Å². The van der Waals surface area contributed by atoms with E-state index in [9.17, 15) is 5.11 Å². The third kappa shape index (κ3) is 2.97. The Morgan fingerprint density at radius 1 is 0.960 bits per heavy atom. The highest BCUT2D eigenvalue weighted by Crippen LogP contribution is 2.32. The average Bonchev–Trinajstić information content (AvgIpc) is 3.08. The molecule has 0 spiro atoms. The fourth-order valence-corrected chi connectivity index (χ4v) is 2.57. The summed E-state index contributed by atoms with van der Waals surface area (Å²) in [7, 11) is 1.61. The fourth-order valence-electron chi connectivity index (χ4n) is 2.57. The second kappa shape index (κ2) is 6.16. The highest BCUT2D eigenvalue weighted by molar-refractivity contribution is 5.87. The Kier molecular flexibility index (Phi) is 3.70. The molecule has 2 heterocycles. The fraction of sp³-hybridized carbons (Fsp3) is 0.0526. The van der Waals surface area contributed by atoms with E-state index in [1.807, 2.05) is 36.4 Å². The van der Waals surface area contributed by atoms with E-state index < -0.39 is 0 Å². The maximum atomic E-state index is 9.43. The van der Waals surface area contributed by atoms with Crippen molar-refractivity contribution in [2.45, 2.75) is 0 Å². The summed E-state index contributed by atoms with van der Waals surface area (Å²) in [6.07, 6.45) is 1.45. The van der Waals surface area contributed by atoms with Gasteiger partial charge in [0.2, 0.25) is 5.88 Å². The van der Waals surface area contributed by atoms with Gasteiger partial charge in [0.05, 0.1) is 12.5 Å². The van der Waals surface area contributed by atoms with E-state index in [-0.39, 0.29) is 5.75 Å². The number of hydrogen-bond acceptors (Lipinski definition) is 5. The van der Waals surface area contributed by atoms with Crippen molar-refractivity contribution in [3.05, 3.63) is 60.9 Å². The average molecular weight is 333 g/mol. The van der Waals surface area contributed by atoms with Gasteiger partial charge in [0.25, 0.3) is 0 Å². The molecular weight excluding hydrogens is 318 g/mol. The number of nitrogens with zero attached hydrogens (tertiary/aromatic N) is 2. The lowest BCUT2D eigenvalue weighted by molar-refractivity contribution is 0.408. The van der Waals surface area contributed by atoms with Crippen LogP contribution >= 0.6 is 0 Å². The molecule has 0 unspecified atom stereocenters. The van der Waals surface area contributed by atoms with Crippen LogP contribution in [0.3, 0.4) is 0 Å². The quantitative estimate of drug-likeness (QED) is 0.587. The second-order valence-corrected chi connectivity index (χ2v) is 5.45. The van der Waals surface area contributed by atoms with Gasteiger partial charge in [0, 0.05) is 11.8 Å². The standard InChI is InChI=1S/C19H15N3O3/c1-24-14-3-2-4-15(9-14)25-19-16-10-17(22-18(16)20-11-21-19)12-5-7-13(23)8-6-12/h2-11,23H,1H3,(H,20,21,22). The SMILES string of the molecule is COc1cccc(Oc2ncnc3[nH]c(-c4ccc(O)cc4)cc23)c1. The zero-order valence-electron chi connectivity index (χ0n) is 13.4. The summed E-state index contributed by atoms with van der Waals surface area (Å²) < 4.78 is 11.1. The number of methoxy groups -OCH3 is 1. The van der Waals surface area contributed by atoms with Gasteiger partial charge in [0.15, 0.2) is 0 Å². The first-order valence-corrected chi connectivity index (χ1v) is 7.68. The van der Waals surface area contributed by atoms with Gasteiger partial charge in [0.1, 0.15) is 29.2 Å². The zero-order valence-corrected chi connectivity index (χ0v) is 13.4. The van der Waals surface area contributed by atoms with E-state index in [1.54, 1.807) is 25.3 Å². The minimum absolute atomic E-state index is 0.224. The molecule has 0 radical (unpaired) electrons. The van der Waals surface area contributed by atoms with Crippen molar-refractivity contribution < 1.29 is 14.6 Å². The third-order valence-corrected chi connectivity index (χ3v) is 3.82. The maximum absolute atomic E-state index is 9.43. The minimum Gasteiger partial charge on any atom is -0.508 e. The number of phenolic OH excluding ortho intramolecular Hbond substituents is 1. The van der Waals surface area contributed by atoms with Crippen LogP contribution in [-0.4, -0.2) is 27.2 Å². The summed E-state index contributed by atoms with van der Waals surface area (Å²) in [5.41, 5.74) is 2.48. The summed E-state index contributed by atoms with van der Waals surface area (Å²) in [4.78, 5) is 11.7. The molecule has 0 atom stereocenters. The van der Waals surface area contributed by atoms with E-state index in [0.717, 1.165) is 16.6 Å². The van der Waals surface area contributed by atoms with E-state index >= 15 is 0 Å². The van der Waals surface area contributed by atoms with Crippen molar-refractivity contribution in [3.8, 4) is 34.4 Å². The number of rotatable bonds is 4. The third-order valence-electron chi connectivity index (χ3n) is 3.82. The van der Waals surface area contributed by atoms with Crippen molar-refractivity contribution in [2.24, 2.45) is 0 Å². The first kappa shape index (κ1) is 15.0. The molecule has 0 saturated carbocycles. The zero-order chi connectivity index (χ0) is 17.2. The highest BCUT2D eigenvalue weighted by atomic mass is 16.5. The number of aromatic amines is 1. The topological polar surface area (TPSA) is 80.3 Å². The second-order valence-electron chi connectivity index (χ2n) is 5.45. The summed E-state index contributed by atoms with van der Waals surface area (Å²) >= 11 is 0. The Bertz CT molecular complexity index is 1030. The molecule has 0 aliphatic rings. The molecule has 2 aromatic heterocycles. The predicted molar refractivity (Wildman–Crippen MR) is 94.1 cm³/mol. The van der Waals surface area contributed by atoms with Crippen LogP contribution in [0.25, 0.3) is 22.3 Å². The van der Waals surface area contributed by atoms with Gasteiger partial charge in [-0.1, -0.05) is 6.07 Å². The van der Waals surface area contributed by atoms with Crippen LogP contribution in [0, 0.1) is 0 Å². The van der Waals surface area contributed by atoms with E-state index in [2.05, 4.69) is 15.0 Å². The Hall–Kier alpha value is -3.54. The number of ether oxygens (including phenoxy) is 2. The van der Waals surface area contributed by atoms with Crippen LogP contribution in [-0.2, 0) is 0 Å². The number of hydrogen-bond donors (Lipinski definition) is 2. The maximum Gasteiger partial charge on any atom is 0.231 e. The van der Waals surface area contributed by atoms with Gasteiger partial charge < -0.3 is 19.6 Å². The molecule has 0 saturated heterocycles. The van der Waals surface area contributed by atoms with Crippen LogP contribution in [0.15, 0.2) is 60.9 Å². The highest BCUT2D eigenvalue weighted by Gasteiger charge is 2.11. The molecule has 0 fully saturated rings. The monoisotopic (exact) mass is 333 g/mol. The van der Waals surface area contributed by atoms with Gasteiger partial charge in [-0.15, -0.1) is 0 Å². The summed E-state index contributed by atoms with van der Waals surface area (Å²) in [5.74, 6) is 2.02. The van der Waals surface area contributed by atoms with Crippen molar-refractivity contribution in [1.82, 2.24) is 15.0 Å². The smallest absolute Gasteiger partial charge is 0.231 e. The Labute approximate surface area is 143 Å². The van der Waals surface area contributed by atoms with Gasteiger partial charge in [-0.2, -0.15) is 0 Å². The van der Waals surface area contributed by atoms with E-state index in [4.69, 9.17) is 9.47 Å². The van der Waals surface area contributed by atoms with Crippen molar-refractivity contribution >= 4 is 11.0 Å². The number of nitrogens with one attached hydrogen (secondary N) is 1. The molecule has 6 heteroatoms. The molecule has 4 rings (SSSR count). The van der Waals surface area contributed by atoms with Gasteiger partial charge >= 0.3 is 0 Å². The summed E-state index contributed by atoms with van der Waals surface area (Å²) in [6, 6.07) is 16.2. The molecule has 124 valence electrons. The van der Waals surface area contributed by atoms with Gasteiger partial charge in [-0.3, -0.25) is 0 Å². The molecule has 2 N–H and O–H groups in total. The Morgan fingerprint density at radius 3 is 2.56 bits per heavy atom. The van der Waals surface area contributed by atoms with Crippen molar-refractivity contribution in [2.75, 3.05) is 7.11 Å². The molecule has 6 nitrogen and oxygen atoms in total. The number of fused-ring (bicyclic) bond motifs is 1. The molecular formula is C19H15N3O3. The van der Waals surface area contributed by atoms with Crippen LogP contribution in [0.4, 0.5) is 0 Å². The van der Waals surface area contributed by atoms with Gasteiger partial charge in [-0.05, 0) is 48.0 Å². The molecule has 0 bridgehead atoms. The summed E-state index contributed by atoms with van der Waals surface area (Å²) in [5, 5.41) is 10.2. The Balaban J connectivity index is 1.73. The minimum atomic E-state index is 0.224. The lowest BCUT2D eigenvalue weighted by Gasteiger charge is -2.06. The van der Waals surface area contributed by atoms with Crippen LogP contribution in [0.2, 0.25) is 0 Å². The summed E-state index contributed by atoms with van der Waals surface area (Å²) in [6.45, 7) is 0. The number of H-pyrrole nitrogens is 1. The van der Waals surface area contributed by atoms with Crippen molar-refractivity contribution in [1.29, 1.82) is 0 Å². The number of aromatic hydroxyl groups is 1. The normalized spacial score (nSPS) is 10.8.